The number of hydrogen-bond donors (Lipinski definition) is 1. The van der Waals surface area contributed by atoms with Gasteiger partial charge < -0.3 is 0 Å². The Hall–Kier alpha value is -0.940. The summed E-state index contributed by atoms with van der Waals surface area (Å²) in [6, 6.07) is 5.96. The van der Waals surface area contributed by atoms with Crippen LogP contribution in [0.1, 0.15) is 16.7 Å². The van der Waals surface area contributed by atoms with Gasteiger partial charge in [0.25, 0.3) is 0 Å². The van der Waals surface area contributed by atoms with E-state index in [4.69, 9.17) is 5.26 Å². The Kier molecular flexibility index (Phi) is 2.21. The first-order valence-corrected chi connectivity index (χ1v) is 3.80. The Labute approximate surface area is 72.1 Å². The van der Waals surface area contributed by atoms with Crippen LogP contribution in [0.5, 0.6) is 0 Å². The number of aryl methyl sites for hydroxylation is 1. The topological polar surface area (TPSA) is 23.8 Å². The summed E-state index contributed by atoms with van der Waals surface area (Å²) in [6.07, 6.45) is 0. The molecular formula is C9H9NS. The van der Waals surface area contributed by atoms with Crippen molar-refractivity contribution in [2.45, 2.75) is 18.7 Å². The molecule has 0 amide bonds. The Morgan fingerprint density at radius 3 is 2.55 bits per heavy atom. The zero-order valence-corrected chi connectivity index (χ0v) is 7.44. The lowest BCUT2D eigenvalue weighted by Gasteiger charge is -2.02. The second kappa shape index (κ2) is 2.98. The molecule has 0 spiro atoms. The van der Waals surface area contributed by atoms with E-state index in [1.165, 1.54) is 0 Å². The van der Waals surface area contributed by atoms with Gasteiger partial charge in [0.05, 0.1) is 11.6 Å². The fourth-order valence-corrected chi connectivity index (χ4v) is 1.28. The average molecular weight is 163 g/mol. The molecule has 0 aliphatic heterocycles. The molecule has 0 fully saturated rings. The Bertz CT molecular complexity index is 323. The lowest BCUT2D eigenvalue weighted by atomic mass is 10.1. The Morgan fingerprint density at radius 2 is 2.00 bits per heavy atom. The van der Waals surface area contributed by atoms with Crippen molar-refractivity contribution in [1.29, 1.82) is 5.26 Å². The maximum atomic E-state index is 8.68. The van der Waals surface area contributed by atoms with Crippen molar-refractivity contribution in [3.63, 3.8) is 0 Å². The third-order valence-corrected chi connectivity index (χ3v) is 2.11. The first-order valence-electron chi connectivity index (χ1n) is 3.35. The van der Waals surface area contributed by atoms with Gasteiger partial charge in [0.2, 0.25) is 0 Å². The number of benzene rings is 1. The molecule has 1 nitrogen and oxygen atoms in total. The van der Waals surface area contributed by atoms with Crippen LogP contribution in [0, 0.1) is 25.2 Å². The predicted molar refractivity (Wildman–Crippen MR) is 47.9 cm³/mol. The lowest BCUT2D eigenvalue weighted by Crippen LogP contribution is -1.85. The fraction of sp³-hybridized carbons (Fsp3) is 0.222. The van der Waals surface area contributed by atoms with E-state index in [0.29, 0.717) is 0 Å². The van der Waals surface area contributed by atoms with Crippen LogP contribution in [0.2, 0.25) is 0 Å². The maximum Gasteiger partial charge on any atom is 0.0994 e. The number of hydrogen-bond acceptors (Lipinski definition) is 2. The van der Waals surface area contributed by atoms with Gasteiger partial charge in [-0.3, -0.25) is 0 Å². The van der Waals surface area contributed by atoms with Crippen LogP contribution in [0.25, 0.3) is 0 Å². The van der Waals surface area contributed by atoms with E-state index < -0.39 is 0 Å². The average Bonchev–Trinajstić information content (AvgIpc) is 1.96. The van der Waals surface area contributed by atoms with Gasteiger partial charge in [0, 0.05) is 4.90 Å². The molecule has 0 aromatic heterocycles. The summed E-state index contributed by atoms with van der Waals surface area (Å²) in [4.78, 5) is 0.890. The van der Waals surface area contributed by atoms with Crippen molar-refractivity contribution >= 4 is 12.6 Å². The third-order valence-electron chi connectivity index (χ3n) is 1.65. The zero-order valence-electron chi connectivity index (χ0n) is 6.55. The van der Waals surface area contributed by atoms with E-state index in [2.05, 4.69) is 18.7 Å². The van der Waals surface area contributed by atoms with Crippen LogP contribution in [-0.4, -0.2) is 0 Å². The number of thiol groups is 1. The minimum atomic E-state index is 0.718. The molecule has 0 aliphatic carbocycles. The lowest BCUT2D eigenvalue weighted by molar-refractivity contribution is 1.24. The molecule has 0 bridgehead atoms. The quantitative estimate of drug-likeness (QED) is 0.583. The second-order valence-corrected chi connectivity index (χ2v) is 3.05. The highest BCUT2D eigenvalue weighted by atomic mass is 32.1. The van der Waals surface area contributed by atoms with E-state index in [9.17, 15) is 0 Å². The van der Waals surface area contributed by atoms with Crippen molar-refractivity contribution in [3.05, 3.63) is 28.8 Å². The normalized spacial score (nSPS) is 9.27. The van der Waals surface area contributed by atoms with Crippen LogP contribution < -0.4 is 0 Å². The molecule has 2 heteroatoms. The Morgan fingerprint density at radius 1 is 1.36 bits per heavy atom. The van der Waals surface area contributed by atoms with Crippen LogP contribution in [0.3, 0.4) is 0 Å². The monoisotopic (exact) mass is 163 g/mol. The zero-order chi connectivity index (χ0) is 8.43. The summed E-state index contributed by atoms with van der Waals surface area (Å²) in [7, 11) is 0. The fourth-order valence-electron chi connectivity index (χ4n) is 0.956. The van der Waals surface area contributed by atoms with Gasteiger partial charge in [0.15, 0.2) is 0 Å². The van der Waals surface area contributed by atoms with E-state index in [1.807, 2.05) is 26.0 Å². The summed E-state index contributed by atoms with van der Waals surface area (Å²) in [5.41, 5.74) is 2.76. The molecule has 0 heterocycles. The molecule has 0 saturated heterocycles. The summed E-state index contributed by atoms with van der Waals surface area (Å²) >= 11 is 4.24. The molecule has 0 unspecified atom stereocenters. The van der Waals surface area contributed by atoms with Gasteiger partial charge >= 0.3 is 0 Å². The summed E-state index contributed by atoms with van der Waals surface area (Å²) in [5, 5.41) is 8.68. The minimum absolute atomic E-state index is 0.718. The van der Waals surface area contributed by atoms with Crippen molar-refractivity contribution in [1.82, 2.24) is 0 Å². The largest absolute Gasteiger partial charge is 0.192 e. The van der Waals surface area contributed by atoms with Crippen LogP contribution in [0.4, 0.5) is 0 Å². The molecule has 11 heavy (non-hydrogen) atoms. The highest BCUT2D eigenvalue weighted by Crippen LogP contribution is 2.18. The summed E-state index contributed by atoms with van der Waals surface area (Å²) < 4.78 is 0. The second-order valence-electron chi connectivity index (χ2n) is 2.57. The van der Waals surface area contributed by atoms with Crippen LogP contribution >= 0.6 is 12.6 Å². The standard InChI is InChI=1S/C9H9NS/c1-6-3-8(5-10)7(2)9(11)4-6/h3-4,11H,1-2H3. The number of nitriles is 1. The van der Waals surface area contributed by atoms with Crippen LogP contribution in [0.15, 0.2) is 17.0 Å². The predicted octanol–water partition coefficient (Wildman–Crippen LogP) is 2.46. The van der Waals surface area contributed by atoms with Gasteiger partial charge in [-0.1, -0.05) is 0 Å². The number of rotatable bonds is 0. The number of nitrogens with zero attached hydrogens (tertiary/aromatic N) is 1. The van der Waals surface area contributed by atoms with Crippen LogP contribution in [-0.2, 0) is 0 Å². The SMILES string of the molecule is Cc1cc(S)c(C)c(C#N)c1. The molecule has 56 valence electrons. The summed E-state index contributed by atoms with van der Waals surface area (Å²) in [5.74, 6) is 0. The van der Waals surface area contributed by atoms with Crippen molar-refractivity contribution in [2.75, 3.05) is 0 Å². The molecule has 1 aromatic carbocycles. The van der Waals surface area contributed by atoms with Gasteiger partial charge in [-0.25, -0.2) is 0 Å². The maximum absolute atomic E-state index is 8.68. The summed E-state index contributed by atoms with van der Waals surface area (Å²) in [6.45, 7) is 3.86. The highest BCUT2D eigenvalue weighted by molar-refractivity contribution is 7.80. The molecule has 0 aliphatic rings. The molecule has 0 saturated carbocycles. The van der Waals surface area contributed by atoms with E-state index >= 15 is 0 Å². The van der Waals surface area contributed by atoms with E-state index in [-0.39, 0.29) is 0 Å². The molecule has 0 radical (unpaired) electrons. The smallest absolute Gasteiger partial charge is 0.0994 e. The van der Waals surface area contributed by atoms with Gasteiger partial charge in [-0.15, -0.1) is 12.6 Å². The van der Waals surface area contributed by atoms with Gasteiger partial charge in [0.1, 0.15) is 0 Å². The molecule has 1 aromatic rings. The molecule has 1 rings (SSSR count). The minimum Gasteiger partial charge on any atom is -0.192 e. The van der Waals surface area contributed by atoms with E-state index in [0.717, 1.165) is 21.6 Å². The molecular weight excluding hydrogens is 154 g/mol. The van der Waals surface area contributed by atoms with Gasteiger partial charge in [-0.05, 0) is 37.1 Å². The first-order chi connectivity index (χ1) is 5.15. The molecule has 0 atom stereocenters. The first kappa shape index (κ1) is 8.16. The van der Waals surface area contributed by atoms with E-state index in [1.54, 1.807) is 0 Å². The van der Waals surface area contributed by atoms with Gasteiger partial charge in [-0.2, -0.15) is 5.26 Å². The molecule has 0 N–H and O–H groups in total. The third kappa shape index (κ3) is 1.55. The van der Waals surface area contributed by atoms with Crippen molar-refractivity contribution < 1.29 is 0 Å². The highest BCUT2D eigenvalue weighted by Gasteiger charge is 2.00. The van der Waals surface area contributed by atoms with Crippen molar-refractivity contribution in [2.24, 2.45) is 0 Å². The van der Waals surface area contributed by atoms with Crippen molar-refractivity contribution in [3.8, 4) is 6.07 Å². The Balaban J connectivity index is 3.39.